The maximum absolute atomic E-state index is 4.91. The van der Waals surface area contributed by atoms with Crippen LogP contribution in [-0.2, 0) is 6.42 Å². The molecule has 0 saturated carbocycles. The first-order valence-electron chi connectivity index (χ1n) is 15.3. The van der Waals surface area contributed by atoms with Gasteiger partial charge in [-0.2, -0.15) is 0 Å². The third kappa shape index (κ3) is 4.35. The van der Waals surface area contributed by atoms with E-state index >= 15 is 0 Å². The Kier molecular flexibility index (Phi) is 6.10. The van der Waals surface area contributed by atoms with Crippen molar-refractivity contribution in [2.45, 2.75) is 12.8 Å². The average Bonchev–Trinajstić information content (AvgIpc) is 3.65. The number of hydrogen-bond donors (Lipinski definition) is 0. The molecule has 0 radical (unpaired) electrons. The van der Waals surface area contributed by atoms with Crippen molar-refractivity contribution in [2.75, 3.05) is 4.90 Å². The molecule has 1 aliphatic rings. The lowest BCUT2D eigenvalue weighted by molar-refractivity contribution is 0.888. The van der Waals surface area contributed by atoms with Gasteiger partial charge >= 0.3 is 0 Å². The number of rotatable bonds is 5. The maximum Gasteiger partial charge on any atom is 0.234 e. The summed E-state index contributed by atoms with van der Waals surface area (Å²) in [5, 5.41) is 3.87. The predicted molar refractivity (Wildman–Crippen MR) is 189 cm³/mol. The van der Waals surface area contributed by atoms with E-state index in [4.69, 9.17) is 9.97 Å². The van der Waals surface area contributed by atoms with Gasteiger partial charge in [-0.25, -0.2) is 9.97 Å². The van der Waals surface area contributed by atoms with E-state index in [2.05, 4.69) is 137 Å². The monoisotopic (exact) mass is 596 g/mol. The van der Waals surface area contributed by atoms with E-state index < -0.39 is 0 Å². The number of fused-ring (bicyclic) bond motifs is 6. The molecule has 5 aromatic carbocycles. The van der Waals surface area contributed by atoms with Crippen LogP contribution in [0.5, 0.6) is 0 Å². The number of hydrogen-bond acceptors (Lipinski definition) is 4. The van der Waals surface area contributed by atoms with Crippen molar-refractivity contribution < 1.29 is 0 Å². The van der Waals surface area contributed by atoms with Crippen LogP contribution in [0, 0.1) is 0 Å². The molecule has 8 aromatic rings. The zero-order valence-corrected chi connectivity index (χ0v) is 25.3. The van der Waals surface area contributed by atoms with Crippen molar-refractivity contribution >= 4 is 65.8 Å². The van der Waals surface area contributed by atoms with Crippen molar-refractivity contribution in [3.05, 3.63) is 151 Å². The third-order valence-corrected chi connectivity index (χ3v) is 9.93. The van der Waals surface area contributed by atoms with Crippen molar-refractivity contribution in [1.82, 2.24) is 14.5 Å². The molecule has 0 spiro atoms. The van der Waals surface area contributed by atoms with Gasteiger partial charge in [0, 0.05) is 71.8 Å². The molecule has 45 heavy (non-hydrogen) atoms. The summed E-state index contributed by atoms with van der Waals surface area (Å²) in [5.41, 5.74) is 9.25. The van der Waals surface area contributed by atoms with E-state index in [0.717, 1.165) is 41.0 Å². The molecule has 0 saturated heterocycles. The number of anilines is 3. The number of aromatic nitrogens is 3. The fourth-order valence-electron chi connectivity index (χ4n) is 6.67. The molecule has 0 aliphatic heterocycles. The zero-order chi connectivity index (χ0) is 29.7. The minimum atomic E-state index is 0.633. The van der Waals surface area contributed by atoms with E-state index in [9.17, 15) is 0 Å². The maximum atomic E-state index is 4.91. The van der Waals surface area contributed by atoms with Gasteiger partial charge in [0.1, 0.15) is 0 Å². The number of nitrogens with zero attached hydrogens (tertiary/aromatic N) is 4. The molecule has 5 heteroatoms. The largest absolute Gasteiger partial charge is 0.313 e. The lowest BCUT2D eigenvalue weighted by atomic mass is 10.0. The molecule has 9 rings (SSSR count). The topological polar surface area (TPSA) is 34.0 Å². The van der Waals surface area contributed by atoms with E-state index in [0.29, 0.717) is 5.95 Å². The molecule has 0 amide bonds. The molecular formula is C40H28N4S. The lowest BCUT2D eigenvalue weighted by Gasteiger charge is -2.23. The third-order valence-electron chi connectivity index (χ3n) is 8.78. The molecule has 4 nitrogen and oxygen atoms in total. The molecular weight excluding hydrogens is 569 g/mol. The summed E-state index contributed by atoms with van der Waals surface area (Å²) in [6.45, 7) is 0. The Balaban J connectivity index is 1.10. The SMILES string of the molecule is C1=Cc2c(n(-c3ccc(N(c4ccccc4)c4ncc(-c5ccc6sc7ccccc7c6c5)cn4)cc3)c3ccccc23)CC1. The first-order valence-corrected chi connectivity index (χ1v) is 16.1. The predicted octanol–water partition coefficient (Wildman–Crippen LogP) is 10.9. The second-order valence-electron chi connectivity index (χ2n) is 11.4. The highest BCUT2D eigenvalue weighted by molar-refractivity contribution is 7.25. The highest BCUT2D eigenvalue weighted by atomic mass is 32.1. The van der Waals surface area contributed by atoms with Gasteiger partial charge in [0.2, 0.25) is 5.95 Å². The summed E-state index contributed by atoms with van der Waals surface area (Å²) in [6, 6.07) is 43.1. The molecule has 3 heterocycles. The standard InChI is InChI=1S/C40H28N4S/c1-2-10-29(11-3-1)43(30-19-21-31(22-20-30)44-36-15-7-4-12-32(36)33-13-5-8-16-37(33)44)40-41-25-28(26-42-40)27-18-23-39-35(24-27)34-14-6-9-17-38(34)45-39/h1-7,9-15,17-26H,8,16H2. The fourth-order valence-corrected chi connectivity index (χ4v) is 7.75. The van der Waals surface area contributed by atoms with Crippen LogP contribution in [0.3, 0.4) is 0 Å². The second kappa shape index (κ2) is 10.6. The van der Waals surface area contributed by atoms with Crippen LogP contribution in [0.4, 0.5) is 17.3 Å². The second-order valence-corrected chi connectivity index (χ2v) is 12.5. The normalized spacial score (nSPS) is 12.6. The lowest BCUT2D eigenvalue weighted by Crippen LogP contribution is -2.13. The van der Waals surface area contributed by atoms with E-state index in [1.807, 2.05) is 29.8 Å². The molecule has 214 valence electrons. The number of thiophene rings is 1. The van der Waals surface area contributed by atoms with E-state index in [1.54, 1.807) is 0 Å². The van der Waals surface area contributed by atoms with Crippen LogP contribution < -0.4 is 4.90 Å². The van der Waals surface area contributed by atoms with E-state index in [-0.39, 0.29) is 0 Å². The molecule has 0 fully saturated rings. The van der Waals surface area contributed by atoms with Crippen molar-refractivity contribution in [3.63, 3.8) is 0 Å². The smallest absolute Gasteiger partial charge is 0.234 e. The quantitative estimate of drug-likeness (QED) is 0.198. The summed E-state index contributed by atoms with van der Waals surface area (Å²) in [6.07, 6.45) is 10.5. The molecule has 0 bridgehead atoms. The van der Waals surface area contributed by atoms with E-state index in [1.165, 1.54) is 42.3 Å². The van der Waals surface area contributed by atoms with Crippen molar-refractivity contribution in [2.24, 2.45) is 0 Å². The molecule has 3 aromatic heterocycles. The minimum Gasteiger partial charge on any atom is -0.313 e. The van der Waals surface area contributed by atoms with Crippen LogP contribution in [-0.4, -0.2) is 14.5 Å². The van der Waals surface area contributed by atoms with Gasteiger partial charge < -0.3 is 4.57 Å². The van der Waals surface area contributed by atoms with Gasteiger partial charge in [0.05, 0.1) is 5.52 Å². The summed E-state index contributed by atoms with van der Waals surface area (Å²) in [7, 11) is 0. The highest BCUT2D eigenvalue weighted by Crippen LogP contribution is 2.38. The van der Waals surface area contributed by atoms with Gasteiger partial charge in [-0.05, 0) is 79.1 Å². The van der Waals surface area contributed by atoms with Crippen molar-refractivity contribution in [1.29, 1.82) is 0 Å². The van der Waals surface area contributed by atoms with Gasteiger partial charge in [-0.1, -0.05) is 72.8 Å². The fraction of sp³-hybridized carbons (Fsp3) is 0.0500. The number of allylic oxidation sites excluding steroid dienone is 1. The molecule has 1 aliphatic carbocycles. The molecule has 0 N–H and O–H groups in total. The van der Waals surface area contributed by atoms with Gasteiger partial charge in [-0.15, -0.1) is 11.3 Å². The Morgan fingerprint density at radius 2 is 1.33 bits per heavy atom. The Morgan fingerprint density at radius 1 is 0.622 bits per heavy atom. The van der Waals surface area contributed by atoms with Crippen LogP contribution in [0.1, 0.15) is 17.7 Å². The zero-order valence-electron chi connectivity index (χ0n) is 24.5. The molecule has 0 unspecified atom stereocenters. The molecule has 0 atom stereocenters. The van der Waals surface area contributed by atoms with Gasteiger partial charge in [0.15, 0.2) is 0 Å². The Morgan fingerprint density at radius 3 is 2.18 bits per heavy atom. The van der Waals surface area contributed by atoms with Crippen LogP contribution >= 0.6 is 11.3 Å². The van der Waals surface area contributed by atoms with Crippen molar-refractivity contribution in [3.8, 4) is 16.8 Å². The average molecular weight is 597 g/mol. The van der Waals surface area contributed by atoms with Crippen LogP contribution in [0.2, 0.25) is 0 Å². The Hall–Kier alpha value is -5.52. The summed E-state index contributed by atoms with van der Waals surface area (Å²) in [5.74, 6) is 0.633. The summed E-state index contributed by atoms with van der Waals surface area (Å²) < 4.78 is 5.02. The summed E-state index contributed by atoms with van der Waals surface area (Å²) >= 11 is 1.83. The number of benzene rings is 5. The first-order chi connectivity index (χ1) is 22.3. The van der Waals surface area contributed by atoms with Gasteiger partial charge in [-0.3, -0.25) is 4.90 Å². The van der Waals surface area contributed by atoms with Gasteiger partial charge in [0.25, 0.3) is 0 Å². The minimum absolute atomic E-state index is 0.633. The first kappa shape index (κ1) is 25.9. The van der Waals surface area contributed by atoms with Crippen LogP contribution in [0.15, 0.2) is 140 Å². The highest BCUT2D eigenvalue weighted by Gasteiger charge is 2.20. The Labute approximate surface area is 265 Å². The van der Waals surface area contributed by atoms with Crippen LogP contribution in [0.25, 0.3) is 54.0 Å². The Bertz CT molecular complexity index is 2370. The number of para-hydroxylation sites is 2. The summed E-state index contributed by atoms with van der Waals surface area (Å²) in [4.78, 5) is 11.9.